The maximum atomic E-state index is 11.1. The van der Waals surface area contributed by atoms with Crippen molar-refractivity contribution < 1.29 is 14.6 Å². The molecule has 1 N–H and O–H groups in total. The average molecular weight is 410 g/mol. The van der Waals surface area contributed by atoms with E-state index in [-0.39, 0.29) is 12.3 Å². The summed E-state index contributed by atoms with van der Waals surface area (Å²) in [5.41, 5.74) is 4.79. The fourth-order valence-corrected chi connectivity index (χ4v) is 3.44. The quantitative estimate of drug-likeness (QED) is 0.427. The van der Waals surface area contributed by atoms with Crippen LogP contribution >= 0.6 is 0 Å². The van der Waals surface area contributed by atoms with Gasteiger partial charge in [0, 0.05) is 23.5 Å². The standard InChI is InChI=1S/C26H22N2O3/c1-2-6-22(15-26(29)30)20-10-12-23(13-11-20)31-18-19-9-14-25-27-24(17-28(25)16-19)21-7-4-3-5-8-21/h3-5,7-14,16-17,22H,15,18H2,1H3,(H,29,30). The highest BCUT2D eigenvalue weighted by Gasteiger charge is 2.13. The van der Waals surface area contributed by atoms with Gasteiger partial charge in [-0.3, -0.25) is 4.79 Å². The topological polar surface area (TPSA) is 63.8 Å². The van der Waals surface area contributed by atoms with Gasteiger partial charge >= 0.3 is 5.97 Å². The molecule has 4 aromatic rings. The van der Waals surface area contributed by atoms with Gasteiger partial charge in [0.05, 0.1) is 18.0 Å². The van der Waals surface area contributed by atoms with Gasteiger partial charge in [0.1, 0.15) is 18.0 Å². The molecule has 0 spiro atoms. The van der Waals surface area contributed by atoms with E-state index < -0.39 is 5.97 Å². The van der Waals surface area contributed by atoms with Gasteiger partial charge in [0.25, 0.3) is 0 Å². The molecule has 2 aromatic carbocycles. The first-order valence-electron chi connectivity index (χ1n) is 10.0. The molecule has 0 aliphatic carbocycles. The molecule has 2 aromatic heterocycles. The highest BCUT2D eigenvalue weighted by molar-refractivity contribution is 5.69. The molecule has 1 atom stereocenters. The Hall–Kier alpha value is -4.04. The summed E-state index contributed by atoms with van der Waals surface area (Å²) in [7, 11) is 0. The zero-order chi connectivity index (χ0) is 21.6. The lowest BCUT2D eigenvalue weighted by Crippen LogP contribution is -2.04. The molecule has 31 heavy (non-hydrogen) atoms. The predicted octanol–water partition coefficient (Wildman–Crippen LogP) is 5.16. The molecule has 0 saturated heterocycles. The van der Waals surface area contributed by atoms with Crippen LogP contribution in [0.25, 0.3) is 16.9 Å². The number of imidazole rings is 1. The molecule has 0 amide bonds. The Morgan fingerprint density at radius 1 is 1.06 bits per heavy atom. The summed E-state index contributed by atoms with van der Waals surface area (Å²) < 4.78 is 7.93. The van der Waals surface area contributed by atoms with E-state index in [0.717, 1.165) is 33.8 Å². The molecule has 4 rings (SSSR count). The summed E-state index contributed by atoms with van der Waals surface area (Å²) in [5.74, 6) is 5.30. The van der Waals surface area contributed by atoms with Crippen LogP contribution in [0.2, 0.25) is 0 Å². The van der Waals surface area contributed by atoms with Crippen molar-refractivity contribution in [2.45, 2.75) is 25.9 Å². The number of carbonyl (C=O) groups is 1. The van der Waals surface area contributed by atoms with Crippen LogP contribution in [0.15, 0.2) is 79.1 Å². The molecule has 0 radical (unpaired) electrons. The molecule has 0 aliphatic heterocycles. The minimum Gasteiger partial charge on any atom is -0.489 e. The number of carboxylic acids is 1. The molecule has 154 valence electrons. The van der Waals surface area contributed by atoms with E-state index in [1.807, 2.05) is 83.5 Å². The van der Waals surface area contributed by atoms with E-state index in [1.54, 1.807) is 6.92 Å². The minimum absolute atomic E-state index is 0.0169. The second kappa shape index (κ2) is 9.19. The molecule has 1 unspecified atom stereocenters. The van der Waals surface area contributed by atoms with Gasteiger partial charge < -0.3 is 14.2 Å². The molecule has 5 heteroatoms. The second-order valence-corrected chi connectivity index (χ2v) is 7.20. The van der Waals surface area contributed by atoms with Crippen LogP contribution in [-0.2, 0) is 11.4 Å². The molecule has 0 bridgehead atoms. The number of rotatable bonds is 7. The van der Waals surface area contributed by atoms with Crippen molar-refractivity contribution in [2.75, 3.05) is 0 Å². The lowest BCUT2D eigenvalue weighted by molar-refractivity contribution is -0.137. The van der Waals surface area contributed by atoms with Gasteiger partial charge in [0.15, 0.2) is 0 Å². The van der Waals surface area contributed by atoms with E-state index >= 15 is 0 Å². The summed E-state index contributed by atoms with van der Waals surface area (Å²) in [6.07, 6.45) is 4.01. The Morgan fingerprint density at radius 2 is 1.84 bits per heavy atom. The number of ether oxygens (including phenoxy) is 1. The van der Waals surface area contributed by atoms with E-state index in [9.17, 15) is 4.79 Å². The smallest absolute Gasteiger partial charge is 0.304 e. The van der Waals surface area contributed by atoms with Crippen LogP contribution in [0.4, 0.5) is 0 Å². The fraction of sp³-hybridized carbons (Fsp3) is 0.154. The lowest BCUT2D eigenvalue weighted by Gasteiger charge is -2.11. The largest absolute Gasteiger partial charge is 0.489 e. The monoisotopic (exact) mass is 410 g/mol. The van der Waals surface area contributed by atoms with Crippen LogP contribution in [0.5, 0.6) is 5.75 Å². The Labute approximate surface area is 181 Å². The first kappa shape index (κ1) is 20.2. The number of benzene rings is 2. The molecule has 0 aliphatic rings. The zero-order valence-corrected chi connectivity index (χ0v) is 17.2. The summed E-state index contributed by atoms with van der Waals surface area (Å²) in [5, 5.41) is 9.08. The van der Waals surface area contributed by atoms with E-state index in [0.29, 0.717) is 6.61 Å². The molecule has 5 nitrogen and oxygen atoms in total. The number of carboxylic acid groups (broad SMARTS) is 1. The van der Waals surface area contributed by atoms with Crippen molar-refractivity contribution in [2.24, 2.45) is 0 Å². The zero-order valence-electron chi connectivity index (χ0n) is 17.2. The highest BCUT2D eigenvalue weighted by atomic mass is 16.5. The summed E-state index contributed by atoms with van der Waals surface area (Å²) in [6, 6.07) is 21.5. The molecule has 0 fully saturated rings. The van der Waals surface area contributed by atoms with Crippen molar-refractivity contribution in [3.63, 3.8) is 0 Å². The number of aromatic nitrogens is 2. The first-order chi connectivity index (χ1) is 15.1. The van der Waals surface area contributed by atoms with Gasteiger partial charge in [-0.25, -0.2) is 4.98 Å². The first-order valence-corrected chi connectivity index (χ1v) is 10.0. The second-order valence-electron chi connectivity index (χ2n) is 7.20. The van der Waals surface area contributed by atoms with Crippen LogP contribution < -0.4 is 4.74 Å². The molecular formula is C26H22N2O3. The number of hydrogen-bond donors (Lipinski definition) is 1. The van der Waals surface area contributed by atoms with Crippen LogP contribution in [0, 0.1) is 11.8 Å². The lowest BCUT2D eigenvalue weighted by atomic mass is 9.96. The summed E-state index contributed by atoms with van der Waals surface area (Å²) in [4.78, 5) is 15.7. The average Bonchev–Trinajstić information content (AvgIpc) is 3.22. The van der Waals surface area contributed by atoms with E-state index in [1.165, 1.54) is 0 Å². The Kier molecular flexibility index (Phi) is 6.00. The number of aliphatic carboxylic acids is 1. The van der Waals surface area contributed by atoms with Crippen molar-refractivity contribution in [3.05, 3.63) is 90.3 Å². The van der Waals surface area contributed by atoms with Crippen molar-refractivity contribution in [1.82, 2.24) is 9.38 Å². The van der Waals surface area contributed by atoms with E-state index in [4.69, 9.17) is 9.84 Å². The van der Waals surface area contributed by atoms with Gasteiger partial charge in [-0.05, 0) is 30.7 Å². The number of fused-ring (bicyclic) bond motifs is 1. The van der Waals surface area contributed by atoms with Crippen LogP contribution in [0.3, 0.4) is 0 Å². The van der Waals surface area contributed by atoms with Gasteiger partial charge in [-0.15, -0.1) is 5.92 Å². The summed E-state index contributed by atoms with van der Waals surface area (Å²) >= 11 is 0. The molecule has 0 saturated carbocycles. The van der Waals surface area contributed by atoms with Crippen LogP contribution in [-0.4, -0.2) is 20.5 Å². The fourth-order valence-electron chi connectivity index (χ4n) is 3.44. The third kappa shape index (κ3) is 4.93. The van der Waals surface area contributed by atoms with Gasteiger partial charge in [-0.1, -0.05) is 54.5 Å². The van der Waals surface area contributed by atoms with Crippen molar-refractivity contribution in [3.8, 4) is 28.8 Å². The van der Waals surface area contributed by atoms with Gasteiger partial charge in [0.2, 0.25) is 0 Å². The third-order valence-corrected chi connectivity index (χ3v) is 4.97. The molecular weight excluding hydrogens is 388 g/mol. The SMILES string of the molecule is CC#CC(CC(=O)O)c1ccc(OCc2ccc3nc(-c4ccccc4)cn3c2)cc1. The highest BCUT2D eigenvalue weighted by Crippen LogP contribution is 2.23. The Bertz CT molecular complexity index is 1250. The maximum Gasteiger partial charge on any atom is 0.304 e. The number of hydrogen-bond acceptors (Lipinski definition) is 3. The minimum atomic E-state index is -0.863. The maximum absolute atomic E-state index is 11.1. The predicted molar refractivity (Wildman–Crippen MR) is 120 cm³/mol. The third-order valence-electron chi connectivity index (χ3n) is 4.97. The normalized spacial score (nSPS) is 11.5. The van der Waals surface area contributed by atoms with E-state index in [2.05, 4.69) is 16.8 Å². The Balaban J connectivity index is 1.45. The number of pyridine rings is 1. The number of nitrogens with zero attached hydrogens (tertiary/aromatic N) is 2. The van der Waals surface area contributed by atoms with Gasteiger partial charge in [-0.2, -0.15) is 0 Å². The summed E-state index contributed by atoms with van der Waals surface area (Å²) in [6.45, 7) is 2.13. The van der Waals surface area contributed by atoms with Crippen molar-refractivity contribution in [1.29, 1.82) is 0 Å². The van der Waals surface area contributed by atoms with Crippen LogP contribution in [0.1, 0.15) is 30.4 Å². The Morgan fingerprint density at radius 3 is 2.55 bits per heavy atom. The van der Waals surface area contributed by atoms with Crippen molar-refractivity contribution >= 4 is 11.6 Å². The molecule has 2 heterocycles.